The Balaban J connectivity index is 0.000000364. The third-order valence-electron chi connectivity index (χ3n) is 5.35. The zero-order chi connectivity index (χ0) is 24.4. The van der Waals surface area contributed by atoms with Crippen LogP contribution in [0.1, 0.15) is 0 Å². The van der Waals surface area contributed by atoms with Gasteiger partial charge in [0.2, 0.25) is 0 Å². The topological polar surface area (TPSA) is 0 Å². The predicted octanol–water partition coefficient (Wildman–Crippen LogP) is -1.37. The molecule has 0 saturated carbocycles. The average molecular weight is 813 g/mol. The number of halogens is 2. The van der Waals surface area contributed by atoms with E-state index < -0.39 is 15.1 Å². The molecular formula is C34H20Br2FeP2Pd+2. The zero-order valence-corrected chi connectivity index (χ0v) is 28.5. The molecule has 6 rings (SSSR count). The van der Waals surface area contributed by atoms with Gasteiger partial charge >= 0.3 is 17.1 Å². The van der Waals surface area contributed by atoms with Gasteiger partial charge in [-0.2, -0.15) is 0 Å². The molecule has 0 radical (unpaired) electrons. The summed E-state index contributed by atoms with van der Waals surface area (Å²) < 4.78 is 0. The summed E-state index contributed by atoms with van der Waals surface area (Å²) in [6, 6.07) is 42.0. The molecule has 0 amide bonds. The smallest absolute Gasteiger partial charge is 1.00 e. The third-order valence-corrected chi connectivity index (χ3v) is 9.95. The molecule has 0 N–H and O–H groups in total. The van der Waals surface area contributed by atoms with Crippen LogP contribution in [-0.2, 0) is 37.5 Å². The van der Waals surface area contributed by atoms with Gasteiger partial charge in [0.05, 0.1) is 0 Å². The van der Waals surface area contributed by atoms with Crippen molar-refractivity contribution >= 4 is 46.9 Å². The van der Waals surface area contributed by atoms with Crippen LogP contribution >= 0.6 is 15.1 Å². The van der Waals surface area contributed by atoms with E-state index >= 15 is 0 Å². The summed E-state index contributed by atoms with van der Waals surface area (Å²) in [6.07, 6.45) is 0. The normalized spacial score (nSPS) is 10.1. The minimum atomic E-state index is -0.583. The Labute approximate surface area is 284 Å². The molecule has 4 aromatic rings. The molecular weight excluding hydrogens is 792 g/mol. The average Bonchev–Trinajstić information content (AvgIpc) is 3.68. The van der Waals surface area contributed by atoms with Crippen LogP contribution in [0.3, 0.4) is 0 Å². The minimum Gasteiger partial charge on any atom is -1.00 e. The first kappa shape index (κ1) is 35.6. The molecule has 0 fully saturated rings. The van der Waals surface area contributed by atoms with E-state index in [2.05, 4.69) is 144 Å². The minimum absolute atomic E-state index is 0. The zero-order valence-electron chi connectivity index (χ0n) is 20.9. The third kappa shape index (κ3) is 9.33. The monoisotopic (exact) mass is 810 g/mol. The Morgan fingerprint density at radius 1 is 0.350 bits per heavy atom. The van der Waals surface area contributed by atoms with Crippen LogP contribution < -0.4 is 55.2 Å². The van der Waals surface area contributed by atoms with Crippen LogP contribution in [0.2, 0.25) is 0 Å². The van der Waals surface area contributed by atoms with Crippen molar-refractivity contribution in [3.63, 3.8) is 0 Å². The second-order valence-corrected chi connectivity index (χ2v) is 12.0. The Hall–Kier alpha value is -2.40. The molecule has 0 aromatic heterocycles. The molecule has 0 nitrogen and oxygen atoms in total. The molecule has 0 heterocycles. The molecule has 40 heavy (non-hydrogen) atoms. The molecule has 2 aliphatic carbocycles. The van der Waals surface area contributed by atoms with Crippen molar-refractivity contribution in [2.24, 2.45) is 0 Å². The Morgan fingerprint density at radius 3 is 0.750 bits per heavy atom. The van der Waals surface area contributed by atoms with Gasteiger partial charge in [-0.05, 0) is 72.2 Å². The summed E-state index contributed by atoms with van der Waals surface area (Å²) in [7, 11) is -1.17. The van der Waals surface area contributed by atoms with Crippen LogP contribution in [0.5, 0.6) is 0 Å². The van der Waals surface area contributed by atoms with Crippen LogP contribution in [0.15, 0.2) is 121 Å². The maximum Gasteiger partial charge on any atom is 2.00 e. The van der Waals surface area contributed by atoms with Crippen LogP contribution in [0, 0.1) is 47.4 Å². The summed E-state index contributed by atoms with van der Waals surface area (Å²) in [5, 5.41) is 7.33. The van der Waals surface area contributed by atoms with Crippen molar-refractivity contribution in [1.29, 1.82) is 0 Å². The van der Waals surface area contributed by atoms with Crippen molar-refractivity contribution < 1.29 is 71.5 Å². The van der Waals surface area contributed by atoms with Crippen LogP contribution in [0.25, 0.3) is 0 Å². The van der Waals surface area contributed by atoms with Gasteiger partial charge in [-0.3, -0.25) is 0 Å². The number of benzene rings is 4. The standard InChI is InChI=1S/2C17H10P.2BrH.Fe.Pd/c2*1-3-9-15(10-4-1)18(17-13-7-8-14-17)16-11-5-2-6-12-16;;;;/h2*1-6,9-12H;2*1H;;/q2*+1;;;+2;/p-2. The van der Waals surface area contributed by atoms with Gasteiger partial charge in [-0.1, -0.05) is 72.8 Å². The van der Waals surface area contributed by atoms with E-state index in [4.69, 9.17) is 0 Å². The first-order chi connectivity index (χ1) is 17.9. The Bertz CT molecular complexity index is 1470. The first-order valence-corrected chi connectivity index (χ1v) is 14.2. The van der Waals surface area contributed by atoms with E-state index in [1.54, 1.807) is 0 Å². The fraction of sp³-hybridized carbons (Fsp3) is 0. The molecule has 2 aliphatic rings. The number of hydrogen-bond donors (Lipinski definition) is 0. The van der Waals surface area contributed by atoms with Gasteiger partial charge in [-0.15, -0.1) is 0 Å². The fourth-order valence-corrected chi connectivity index (χ4v) is 7.95. The first-order valence-electron chi connectivity index (χ1n) is 11.5. The van der Waals surface area contributed by atoms with Gasteiger partial charge in [0.25, 0.3) is 10.6 Å². The quantitative estimate of drug-likeness (QED) is 0.136. The van der Waals surface area contributed by atoms with E-state index in [1.807, 2.05) is 24.3 Å². The van der Waals surface area contributed by atoms with Gasteiger partial charge in [-0.25, -0.2) is 0 Å². The molecule has 0 unspecified atom stereocenters. The largest absolute Gasteiger partial charge is 2.00 e. The van der Waals surface area contributed by atoms with E-state index in [1.165, 1.54) is 21.2 Å². The van der Waals surface area contributed by atoms with E-state index in [0.29, 0.717) is 0 Å². The summed E-state index contributed by atoms with van der Waals surface area (Å²) in [4.78, 5) is 0. The molecule has 0 spiro atoms. The van der Waals surface area contributed by atoms with E-state index in [9.17, 15) is 0 Å². The Morgan fingerprint density at radius 2 is 0.550 bits per heavy atom. The molecule has 196 valence electrons. The molecule has 4 aromatic carbocycles. The number of rotatable bonds is 4. The van der Waals surface area contributed by atoms with Gasteiger partial charge in [0.1, 0.15) is 0 Å². The van der Waals surface area contributed by atoms with Crippen molar-refractivity contribution in [3.8, 4) is 47.4 Å². The second-order valence-electron chi connectivity index (χ2n) is 7.71. The fourth-order valence-electron chi connectivity index (χ4n) is 3.77. The van der Waals surface area contributed by atoms with Crippen LogP contribution in [0.4, 0.5) is 0 Å². The maximum atomic E-state index is 3.13. The molecule has 0 aliphatic heterocycles. The van der Waals surface area contributed by atoms with Gasteiger partial charge in [0, 0.05) is 44.1 Å². The number of hydrogen-bond acceptors (Lipinski definition) is 0. The van der Waals surface area contributed by atoms with Crippen LogP contribution in [-0.4, -0.2) is 10.6 Å². The SMILES string of the molecule is C1#CC(=[P+](c2ccccc2)c2ccccc2)C#C1.C1#CC(=[P+](c2ccccc2)c2ccccc2)C#C1.[Br-].[Br-].[Fe+2].[Pd]. The van der Waals surface area contributed by atoms with E-state index in [0.717, 1.165) is 10.6 Å². The molecule has 0 saturated heterocycles. The second kappa shape index (κ2) is 18.9. The Kier molecular flexibility index (Phi) is 16.8. The molecule has 6 heteroatoms. The van der Waals surface area contributed by atoms with Crippen molar-refractivity contribution in [1.82, 2.24) is 0 Å². The maximum absolute atomic E-state index is 3.13. The van der Waals surface area contributed by atoms with Gasteiger partial charge < -0.3 is 34.0 Å². The predicted molar refractivity (Wildman–Crippen MR) is 159 cm³/mol. The van der Waals surface area contributed by atoms with Crippen molar-refractivity contribution in [2.45, 2.75) is 0 Å². The van der Waals surface area contributed by atoms with Crippen molar-refractivity contribution in [2.75, 3.05) is 0 Å². The summed E-state index contributed by atoms with van der Waals surface area (Å²) in [6.45, 7) is 0. The molecule has 0 bridgehead atoms. The summed E-state index contributed by atoms with van der Waals surface area (Å²) >= 11 is 0. The summed E-state index contributed by atoms with van der Waals surface area (Å²) in [5.74, 6) is 23.9. The summed E-state index contributed by atoms with van der Waals surface area (Å²) in [5.41, 5.74) is 0. The van der Waals surface area contributed by atoms with E-state index in [-0.39, 0.29) is 71.5 Å². The molecule has 0 atom stereocenters. The van der Waals surface area contributed by atoms with Crippen molar-refractivity contribution in [3.05, 3.63) is 121 Å². The van der Waals surface area contributed by atoms with Gasteiger partial charge in [0.15, 0.2) is 36.3 Å².